The maximum Gasteiger partial charge on any atom is 0.411 e. The highest BCUT2D eigenvalue weighted by Gasteiger charge is 2.33. The van der Waals surface area contributed by atoms with E-state index in [4.69, 9.17) is 14.2 Å². The molecule has 8 nitrogen and oxygen atoms in total. The first-order valence-electron chi connectivity index (χ1n) is 11.1. The topological polar surface area (TPSA) is 94.2 Å². The van der Waals surface area contributed by atoms with Gasteiger partial charge in [0, 0.05) is 13.1 Å². The summed E-state index contributed by atoms with van der Waals surface area (Å²) >= 11 is 0. The number of carbonyl (C=O) groups is 3. The standard InChI is InChI=1S/C24H38N2O6/c1-18(2)16-20(21(27)30-6)26(23(29)32-24(3,4)5)15-11-10-14-25-22(28)31-17-19-12-8-7-9-13-19/h7-9,12-13,18,20H,10-11,14-17H2,1-6H3,(H,25,28)/t20-/m1/s1. The summed E-state index contributed by atoms with van der Waals surface area (Å²) in [4.78, 5) is 38.5. The van der Waals surface area contributed by atoms with Crippen LogP contribution in [0.1, 0.15) is 59.4 Å². The number of ether oxygens (including phenoxy) is 3. The molecule has 180 valence electrons. The molecule has 0 heterocycles. The van der Waals surface area contributed by atoms with Gasteiger partial charge in [-0.25, -0.2) is 14.4 Å². The molecule has 0 aliphatic rings. The first-order chi connectivity index (χ1) is 15.0. The Morgan fingerprint density at radius 1 is 1.06 bits per heavy atom. The maximum atomic E-state index is 12.8. The van der Waals surface area contributed by atoms with Crippen LogP contribution in [0.2, 0.25) is 0 Å². The van der Waals surface area contributed by atoms with Crippen molar-refractivity contribution in [2.24, 2.45) is 5.92 Å². The third-order valence-corrected chi connectivity index (χ3v) is 4.48. The number of carbonyl (C=O) groups excluding carboxylic acids is 3. The zero-order chi connectivity index (χ0) is 24.1. The van der Waals surface area contributed by atoms with E-state index in [9.17, 15) is 14.4 Å². The Morgan fingerprint density at radius 2 is 1.72 bits per heavy atom. The van der Waals surface area contributed by atoms with E-state index in [0.29, 0.717) is 32.4 Å². The van der Waals surface area contributed by atoms with Crippen LogP contribution >= 0.6 is 0 Å². The molecule has 1 atom stereocenters. The average Bonchev–Trinajstić information content (AvgIpc) is 2.72. The smallest absolute Gasteiger partial charge is 0.411 e. The van der Waals surface area contributed by atoms with E-state index >= 15 is 0 Å². The molecule has 0 aromatic heterocycles. The fraction of sp³-hybridized carbons (Fsp3) is 0.625. The number of unbranched alkanes of at least 4 members (excludes halogenated alkanes) is 1. The molecule has 0 saturated carbocycles. The minimum absolute atomic E-state index is 0.185. The minimum atomic E-state index is -0.723. The zero-order valence-electron chi connectivity index (χ0n) is 20.2. The van der Waals surface area contributed by atoms with Crippen LogP contribution in [0.5, 0.6) is 0 Å². The van der Waals surface area contributed by atoms with E-state index in [1.165, 1.54) is 12.0 Å². The largest absolute Gasteiger partial charge is 0.467 e. The van der Waals surface area contributed by atoms with E-state index in [1.54, 1.807) is 20.8 Å². The van der Waals surface area contributed by atoms with Gasteiger partial charge in [0.05, 0.1) is 7.11 Å². The second-order valence-electron chi connectivity index (χ2n) is 9.04. The molecule has 0 saturated heterocycles. The summed E-state index contributed by atoms with van der Waals surface area (Å²) in [6.07, 6.45) is 0.601. The Bertz CT molecular complexity index is 715. The minimum Gasteiger partial charge on any atom is -0.467 e. The Morgan fingerprint density at radius 3 is 2.28 bits per heavy atom. The molecule has 1 aromatic carbocycles. The molecule has 2 amide bonds. The van der Waals surface area contributed by atoms with Gasteiger partial charge >= 0.3 is 18.2 Å². The van der Waals surface area contributed by atoms with Crippen molar-refractivity contribution in [2.75, 3.05) is 20.2 Å². The molecule has 0 unspecified atom stereocenters. The van der Waals surface area contributed by atoms with E-state index in [0.717, 1.165) is 5.56 Å². The van der Waals surface area contributed by atoms with Gasteiger partial charge in [-0.05, 0) is 51.5 Å². The number of alkyl carbamates (subject to hydrolysis) is 1. The Labute approximate surface area is 191 Å². The quantitative estimate of drug-likeness (QED) is 0.303. The van der Waals surface area contributed by atoms with Crippen molar-refractivity contribution in [2.45, 2.75) is 72.1 Å². The number of rotatable bonds is 11. The third-order valence-electron chi connectivity index (χ3n) is 4.48. The second kappa shape index (κ2) is 13.6. The van der Waals surface area contributed by atoms with E-state index in [-0.39, 0.29) is 12.5 Å². The average molecular weight is 451 g/mol. The molecule has 0 spiro atoms. The molecule has 0 bridgehead atoms. The Hall–Kier alpha value is -2.77. The van der Waals surface area contributed by atoms with Crippen LogP contribution in [0.3, 0.4) is 0 Å². The van der Waals surface area contributed by atoms with Crippen LogP contribution in [0.4, 0.5) is 9.59 Å². The summed E-state index contributed by atoms with van der Waals surface area (Å²) in [5.74, 6) is -0.280. The Kier molecular flexibility index (Phi) is 11.6. The van der Waals surface area contributed by atoms with Crippen LogP contribution < -0.4 is 5.32 Å². The van der Waals surface area contributed by atoms with Crippen molar-refractivity contribution in [1.29, 1.82) is 0 Å². The lowest BCUT2D eigenvalue weighted by atomic mass is 10.0. The highest BCUT2D eigenvalue weighted by Crippen LogP contribution is 2.18. The van der Waals surface area contributed by atoms with Gasteiger partial charge in [0.2, 0.25) is 0 Å². The molecular weight excluding hydrogens is 412 g/mol. The summed E-state index contributed by atoms with van der Waals surface area (Å²) in [6.45, 7) is 10.2. The number of hydrogen-bond acceptors (Lipinski definition) is 6. The lowest BCUT2D eigenvalue weighted by molar-refractivity contribution is -0.147. The first-order valence-corrected chi connectivity index (χ1v) is 11.1. The number of amides is 2. The zero-order valence-corrected chi connectivity index (χ0v) is 20.2. The molecule has 8 heteroatoms. The fourth-order valence-corrected chi connectivity index (χ4v) is 3.00. The number of nitrogens with one attached hydrogen (secondary N) is 1. The van der Waals surface area contributed by atoms with Crippen molar-refractivity contribution < 1.29 is 28.6 Å². The summed E-state index contributed by atoms with van der Waals surface area (Å²) in [5.41, 5.74) is 0.229. The van der Waals surface area contributed by atoms with Gasteiger partial charge in [-0.3, -0.25) is 4.90 Å². The van der Waals surface area contributed by atoms with Gasteiger partial charge < -0.3 is 19.5 Å². The SMILES string of the molecule is COC(=O)[C@@H](CC(C)C)N(CCCCNC(=O)OCc1ccccc1)C(=O)OC(C)(C)C. The molecule has 0 radical (unpaired) electrons. The fourth-order valence-electron chi connectivity index (χ4n) is 3.00. The van der Waals surface area contributed by atoms with Gasteiger partial charge in [0.1, 0.15) is 18.2 Å². The van der Waals surface area contributed by atoms with Crippen molar-refractivity contribution in [3.8, 4) is 0 Å². The number of methoxy groups -OCH3 is 1. The van der Waals surface area contributed by atoms with Gasteiger partial charge in [0.15, 0.2) is 0 Å². The number of hydrogen-bond donors (Lipinski definition) is 1. The normalized spacial score (nSPS) is 12.1. The lowest BCUT2D eigenvalue weighted by Crippen LogP contribution is -2.48. The number of nitrogens with zero attached hydrogens (tertiary/aromatic N) is 1. The molecule has 32 heavy (non-hydrogen) atoms. The van der Waals surface area contributed by atoms with Crippen LogP contribution in [0.25, 0.3) is 0 Å². The van der Waals surface area contributed by atoms with Crippen LogP contribution in [-0.4, -0.2) is 54.9 Å². The van der Waals surface area contributed by atoms with Crippen LogP contribution in [-0.2, 0) is 25.6 Å². The highest BCUT2D eigenvalue weighted by molar-refractivity contribution is 5.81. The third kappa shape index (κ3) is 11.0. The van der Waals surface area contributed by atoms with Crippen LogP contribution in [0, 0.1) is 5.92 Å². The predicted octanol–water partition coefficient (Wildman–Crippen LogP) is 4.52. The highest BCUT2D eigenvalue weighted by atomic mass is 16.6. The van der Waals surface area contributed by atoms with Gasteiger partial charge in [-0.1, -0.05) is 44.2 Å². The number of benzene rings is 1. The van der Waals surface area contributed by atoms with Crippen molar-refractivity contribution >= 4 is 18.2 Å². The van der Waals surface area contributed by atoms with E-state index in [2.05, 4.69) is 5.32 Å². The molecule has 1 N–H and O–H groups in total. The van der Waals surface area contributed by atoms with E-state index < -0.39 is 29.8 Å². The molecule has 0 fully saturated rings. The monoisotopic (exact) mass is 450 g/mol. The number of esters is 1. The van der Waals surface area contributed by atoms with Crippen molar-refractivity contribution in [3.63, 3.8) is 0 Å². The maximum absolute atomic E-state index is 12.8. The van der Waals surface area contributed by atoms with E-state index in [1.807, 2.05) is 44.2 Å². The summed E-state index contributed by atoms with van der Waals surface area (Å²) in [7, 11) is 1.31. The summed E-state index contributed by atoms with van der Waals surface area (Å²) < 4.78 is 15.6. The molecule has 1 rings (SSSR count). The lowest BCUT2D eigenvalue weighted by Gasteiger charge is -2.33. The molecule has 1 aromatic rings. The van der Waals surface area contributed by atoms with Crippen molar-refractivity contribution in [3.05, 3.63) is 35.9 Å². The van der Waals surface area contributed by atoms with Crippen LogP contribution in [0.15, 0.2) is 30.3 Å². The molecule has 0 aliphatic carbocycles. The van der Waals surface area contributed by atoms with Gasteiger partial charge in [-0.2, -0.15) is 0 Å². The van der Waals surface area contributed by atoms with Gasteiger partial charge in [-0.15, -0.1) is 0 Å². The van der Waals surface area contributed by atoms with Crippen molar-refractivity contribution in [1.82, 2.24) is 10.2 Å². The molecule has 0 aliphatic heterocycles. The Balaban J connectivity index is 2.58. The van der Waals surface area contributed by atoms with Gasteiger partial charge in [0.25, 0.3) is 0 Å². The summed E-state index contributed by atoms with van der Waals surface area (Å²) in [6, 6.07) is 8.71. The summed E-state index contributed by atoms with van der Waals surface area (Å²) in [5, 5.41) is 2.70. The predicted molar refractivity (Wildman–Crippen MR) is 122 cm³/mol. The molecular formula is C24H38N2O6. The first kappa shape index (κ1) is 27.3. The second-order valence-corrected chi connectivity index (χ2v) is 9.04.